The van der Waals surface area contributed by atoms with Crippen LogP contribution in [-0.2, 0) is 26.3 Å². The number of rotatable bonds is 5. The van der Waals surface area contributed by atoms with Crippen molar-refractivity contribution in [3.05, 3.63) is 86.7 Å². The second kappa shape index (κ2) is 10.7. The lowest BCUT2D eigenvalue weighted by molar-refractivity contribution is -0.137. The van der Waals surface area contributed by atoms with Crippen LogP contribution >= 0.6 is 12.2 Å². The molecule has 0 saturated heterocycles. The average molecular weight is 517 g/mol. The topological polar surface area (TPSA) is 70.1 Å². The number of hydrogen-bond donors (Lipinski definition) is 3. The molecule has 0 unspecified atom stereocenters. The Labute approximate surface area is 213 Å². The van der Waals surface area contributed by atoms with Crippen molar-refractivity contribution in [2.24, 2.45) is 12.0 Å². The SMILES string of the molecule is CC.Cn1c(=S)/c(=C(/NCc2ccc(C(F)(F)F)cc2)Nc2ccccc2)c(=N)n2c1=NC(C)(C)C2. The molecule has 0 aliphatic carbocycles. The summed E-state index contributed by atoms with van der Waals surface area (Å²) in [5.41, 5.74) is 1.23. The Bertz CT molecular complexity index is 1450. The summed E-state index contributed by atoms with van der Waals surface area (Å²) in [4.78, 5) is 4.71. The maximum atomic E-state index is 12.9. The minimum Gasteiger partial charge on any atom is -0.367 e. The van der Waals surface area contributed by atoms with Crippen LogP contribution in [0.15, 0.2) is 59.6 Å². The lowest BCUT2D eigenvalue weighted by atomic mass is 10.1. The third kappa shape index (κ3) is 5.87. The van der Waals surface area contributed by atoms with E-state index in [9.17, 15) is 13.2 Å². The summed E-state index contributed by atoms with van der Waals surface area (Å²) < 4.78 is 42.8. The highest BCUT2D eigenvalue weighted by Gasteiger charge is 2.30. The maximum Gasteiger partial charge on any atom is 0.416 e. The van der Waals surface area contributed by atoms with E-state index < -0.39 is 11.7 Å². The second-order valence-corrected chi connectivity index (χ2v) is 9.20. The fraction of sp³-hybridized carbons (Fsp3) is 0.346. The molecule has 0 fully saturated rings. The molecule has 0 bridgehead atoms. The monoisotopic (exact) mass is 516 g/mol. The number of hydrogen-bond acceptors (Lipinski definition) is 5. The number of para-hydroxylation sites is 1. The summed E-state index contributed by atoms with van der Waals surface area (Å²) in [6.45, 7) is 8.77. The van der Waals surface area contributed by atoms with Gasteiger partial charge in [-0.3, -0.25) is 9.98 Å². The van der Waals surface area contributed by atoms with Gasteiger partial charge in [-0.2, -0.15) is 13.2 Å². The van der Waals surface area contributed by atoms with E-state index in [4.69, 9.17) is 22.6 Å². The van der Waals surface area contributed by atoms with Gasteiger partial charge in [-0.25, -0.2) is 4.99 Å². The third-order valence-electron chi connectivity index (χ3n) is 5.56. The molecule has 0 amide bonds. The highest BCUT2D eigenvalue weighted by Crippen LogP contribution is 2.29. The zero-order valence-electron chi connectivity index (χ0n) is 21.0. The molecule has 0 atom stereocenters. The lowest BCUT2D eigenvalue weighted by Crippen LogP contribution is -2.50. The van der Waals surface area contributed by atoms with Gasteiger partial charge in [0.15, 0.2) is 0 Å². The molecule has 192 valence electrons. The van der Waals surface area contributed by atoms with Crippen LogP contribution < -0.4 is 27.0 Å². The molecule has 4 rings (SSSR count). The summed E-state index contributed by atoms with van der Waals surface area (Å²) in [7, 11) is 1.82. The highest BCUT2D eigenvalue weighted by molar-refractivity contribution is 7.71. The van der Waals surface area contributed by atoms with E-state index in [1.54, 1.807) is 4.57 Å². The van der Waals surface area contributed by atoms with Gasteiger partial charge >= 0.3 is 6.18 Å². The molecule has 1 aliphatic rings. The molecule has 0 spiro atoms. The van der Waals surface area contributed by atoms with E-state index in [2.05, 4.69) is 10.6 Å². The molecular formula is C26H31F3N6S. The first-order valence-corrected chi connectivity index (χ1v) is 12.1. The maximum absolute atomic E-state index is 12.9. The number of nitrogens with one attached hydrogen (secondary N) is 3. The average Bonchev–Trinajstić information content (AvgIpc) is 3.18. The number of fused-ring (bicyclic) bond motifs is 1. The van der Waals surface area contributed by atoms with Crippen molar-refractivity contribution in [1.29, 1.82) is 5.41 Å². The van der Waals surface area contributed by atoms with E-state index in [0.29, 0.717) is 33.4 Å². The van der Waals surface area contributed by atoms with Gasteiger partial charge in [-0.05, 0) is 43.7 Å². The number of halogens is 3. The van der Waals surface area contributed by atoms with Gasteiger partial charge in [0.2, 0.25) is 5.62 Å². The molecule has 10 heteroatoms. The molecule has 1 aliphatic heterocycles. The first kappa shape index (κ1) is 27.2. The molecule has 3 aromatic rings. The van der Waals surface area contributed by atoms with Gasteiger partial charge in [0.1, 0.15) is 15.9 Å². The van der Waals surface area contributed by atoms with Gasteiger partial charge in [-0.15, -0.1) is 0 Å². The number of nitrogens with zero attached hydrogens (tertiary/aromatic N) is 3. The molecule has 0 radical (unpaired) electrons. The molecule has 6 nitrogen and oxygen atoms in total. The Morgan fingerprint density at radius 1 is 1.08 bits per heavy atom. The molecule has 1 aromatic heterocycles. The Balaban J connectivity index is 0.00000176. The van der Waals surface area contributed by atoms with E-state index in [-0.39, 0.29) is 17.6 Å². The lowest BCUT2D eigenvalue weighted by Gasteiger charge is -2.17. The Hall–Kier alpha value is -3.40. The Morgan fingerprint density at radius 3 is 2.28 bits per heavy atom. The largest absolute Gasteiger partial charge is 0.416 e. The summed E-state index contributed by atoms with van der Waals surface area (Å²) in [5, 5.41) is 16.0. The first-order valence-electron chi connectivity index (χ1n) is 11.7. The highest BCUT2D eigenvalue weighted by atomic mass is 32.1. The fourth-order valence-electron chi connectivity index (χ4n) is 3.84. The van der Waals surface area contributed by atoms with Crippen LogP contribution in [-0.4, -0.2) is 14.7 Å². The summed E-state index contributed by atoms with van der Waals surface area (Å²) >= 11 is 5.72. The summed E-state index contributed by atoms with van der Waals surface area (Å²) in [6, 6.07) is 14.4. The zero-order chi connectivity index (χ0) is 26.7. The van der Waals surface area contributed by atoms with Crippen LogP contribution in [0.4, 0.5) is 18.9 Å². The van der Waals surface area contributed by atoms with Gasteiger partial charge in [0, 0.05) is 19.3 Å². The predicted octanol–water partition coefficient (Wildman–Crippen LogP) is 4.46. The van der Waals surface area contributed by atoms with Crippen LogP contribution in [0.25, 0.3) is 5.82 Å². The minimum absolute atomic E-state index is 0.214. The van der Waals surface area contributed by atoms with E-state index in [1.807, 2.05) is 69.6 Å². The second-order valence-electron chi connectivity index (χ2n) is 8.81. The molecule has 2 aromatic carbocycles. The summed E-state index contributed by atoms with van der Waals surface area (Å²) in [5.74, 6) is 0.497. The van der Waals surface area contributed by atoms with Crippen LogP contribution in [0.2, 0.25) is 0 Å². The number of benzene rings is 2. The van der Waals surface area contributed by atoms with Crippen molar-refractivity contribution in [3.63, 3.8) is 0 Å². The molecular weight excluding hydrogens is 485 g/mol. The number of aromatic nitrogens is 2. The first-order chi connectivity index (χ1) is 17.0. The number of anilines is 1. The summed E-state index contributed by atoms with van der Waals surface area (Å²) in [6.07, 6.45) is -4.38. The van der Waals surface area contributed by atoms with E-state index in [1.165, 1.54) is 12.1 Å². The molecule has 2 heterocycles. The Morgan fingerprint density at radius 2 is 1.69 bits per heavy atom. The van der Waals surface area contributed by atoms with Crippen molar-refractivity contribution in [3.8, 4) is 0 Å². The third-order valence-corrected chi connectivity index (χ3v) is 6.04. The van der Waals surface area contributed by atoms with Crippen LogP contribution in [0.3, 0.4) is 0 Å². The molecule has 3 N–H and O–H groups in total. The Kier molecular flexibility index (Phi) is 8.08. The standard InChI is InChI=1S/C24H25F3N6S.C2H6/c1-23(2)14-33-19(28)18(21(34)32(3)22(33)31-23)20(30-17-7-5-4-6-8-17)29-13-15-9-11-16(12-10-15)24(25,26)27;1-2/h4-12,28-30H,13-14H2,1-3H3;1-2H3/b20-18-,28-19?;. The van der Waals surface area contributed by atoms with Gasteiger partial charge in [-0.1, -0.05) is 56.4 Å². The molecule has 0 saturated carbocycles. The van der Waals surface area contributed by atoms with Crippen molar-refractivity contribution >= 4 is 23.7 Å². The minimum atomic E-state index is -4.38. The van der Waals surface area contributed by atoms with Crippen molar-refractivity contribution in [2.75, 3.05) is 5.32 Å². The van der Waals surface area contributed by atoms with Crippen molar-refractivity contribution < 1.29 is 13.2 Å². The predicted molar refractivity (Wildman–Crippen MR) is 138 cm³/mol. The van der Waals surface area contributed by atoms with Gasteiger partial charge in [0.05, 0.1) is 22.9 Å². The number of alkyl halides is 3. The van der Waals surface area contributed by atoms with Crippen molar-refractivity contribution in [1.82, 2.24) is 14.5 Å². The molecule has 36 heavy (non-hydrogen) atoms. The normalized spacial score (nSPS) is 14.7. The van der Waals surface area contributed by atoms with Crippen LogP contribution in [0, 0.1) is 10.0 Å². The van der Waals surface area contributed by atoms with Gasteiger partial charge < -0.3 is 15.2 Å². The van der Waals surface area contributed by atoms with E-state index in [0.717, 1.165) is 17.8 Å². The van der Waals surface area contributed by atoms with E-state index >= 15 is 0 Å². The fourth-order valence-corrected chi connectivity index (χ4v) is 4.12. The smallest absolute Gasteiger partial charge is 0.367 e. The van der Waals surface area contributed by atoms with Crippen LogP contribution in [0.1, 0.15) is 38.8 Å². The zero-order valence-corrected chi connectivity index (χ0v) is 21.8. The van der Waals surface area contributed by atoms with Crippen molar-refractivity contribution in [2.45, 2.75) is 52.5 Å². The quantitative estimate of drug-likeness (QED) is 0.439. The van der Waals surface area contributed by atoms with Crippen LogP contribution in [0.5, 0.6) is 0 Å². The van der Waals surface area contributed by atoms with Gasteiger partial charge in [0.25, 0.3) is 0 Å².